The number of amides is 1. The number of thiophene rings is 1. The van der Waals surface area contributed by atoms with Crippen LogP contribution >= 0.6 is 11.3 Å². The fraction of sp³-hybridized carbons (Fsp3) is 0.429. The molecule has 0 aliphatic carbocycles. The second-order valence-corrected chi connectivity index (χ2v) is 9.08. The molecule has 0 bridgehead atoms. The molecule has 1 aromatic carbocycles. The molecule has 6 nitrogen and oxygen atoms in total. The minimum Gasteiger partial charge on any atom is -0.497 e. The summed E-state index contributed by atoms with van der Waals surface area (Å²) in [6.07, 6.45) is 0.729. The Kier molecular flexibility index (Phi) is 5.13. The topological polar surface area (TPSA) is 83.4 Å². The number of nitrogens with zero attached hydrogens (tertiary/aromatic N) is 1. The van der Waals surface area contributed by atoms with Crippen LogP contribution in [0, 0.1) is 11.3 Å². The summed E-state index contributed by atoms with van der Waals surface area (Å²) in [5, 5.41) is 16.9. The van der Waals surface area contributed by atoms with E-state index in [9.17, 15) is 10.1 Å². The van der Waals surface area contributed by atoms with Crippen LogP contribution in [-0.2, 0) is 12.0 Å². The van der Waals surface area contributed by atoms with E-state index in [1.807, 2.05) is 0 Å². The standard InChI is InChI=1S/C21H25N3O3S/c1-20(2)10-14-15(11-22)19(28-17(14)21(3,4)24-20)23-18(25)13-8-7-12(26-5)9-16(13)27-6/h7-9,24H,10H2,1-6H3,(H,23,25). The van der Waals surface area contributed by atoms with Crippen molar-refractivity contribution in [3.8, 4) is 17.6 Å². The van der Waals surface area contributed by atoms with Gasteiger partial charge in [0, 0.05) is 22.0 Å². The molecule has 1 aliphatic rings. The van der Waals surface area contributed by atoms with Crippen LogP contribution in [0.5, 0.6) is 11.5 Å². The van der Waals surface area contributed by atoms with Crippen molar-refractivity contribution < 1.29 is 14.3 Å². The first-order chi connectivity index (χ1) is 13.1. The average molecular weight is 400 g/mol. The zero-order valence-corrected chi connectivity index (χ0v) is 17.8. The van der Waals surface area contributed by atoms with Gasteiger partial charge < -0.3 is 20.1 Å². The fourth-order valence-electron chi connectivity index (χ4n) is 3.89. The molecule has 0 radical (unpaired) electrons. The molecule has 0 atom stereocenters. The Bertz CT molecular complexity index is 970. The number of hydrogen-bond acceptors (Lipinski definition) is 6. The lowest BCUT2D eigenvalue weighted by molar-refractivity contribution is 0.102. The number of rotatable bonds is 4. The number of carbonyl (C=O) groups excluding carboxylic acids is 1. The summed E-state index contributed by atoms with van der Waals surface area (Å²) < 4.78 is 10.5. The lowest BCUT2D eigenvalue weighted by atomic mass is 9.81. The van der Waals surface area contributed by atoms with Gasteiger partial charge in [0.2, 0.25) is 0 Å². The van der Waals surface area contributed by atoms with E-state index in [4.69, 9.17) is 9.47 Å². The Hall–Kier alpha value is -2.56. The van der Waals surface area contributed by atoms with Crippen LogP contribution in [0.25, 0.3) is 0 Å². The summed E-state index contributed by atoms with van der Waals surface area (Å²) in [7, 11) is 3.06. The van der Waals surface area contributed by atoms with Gasteiger partial charge in [0.15, 0.2) is 0 Å². The monoisotopic (exact) mass is 399 g/mol. The van der Waals surface area contributed by atoms with Gasteiger partial charge in [-0.3, -0.25) is 4.79 Å². The molecular formula is C21H25N3O3S. The first-order valence-corrected chi connectivity index (χ1v) is 9.82. The Balaban J connectivity index is 2.00. The van der Waals surface area contributed by atoms with Crippen molar-refractivity contribution in [3.05, 3.63) is 39.8 Å². The van der Waals surface area contributed by atoms with Crippen molar-refractivity contribution in [2.24, 2.45) is 0 Å². The predicted molar refractivity (Wildman–Crippen MR) is 110 cm³/mol. The van der Waals surface area contributed by atoms with Crippen molar-refractivity contribution in [1.82, 2.24) is 5.32 Å². The maximum absolute atomic E-state index is 12.9. The summed E-state index contributed by atoms with van der Waals surface area (Å²) in [5.74, 6) is 0.701. The predicted octanol–water partition coefficient (Wildman–Crippen LogP) is 4.05. The van der Waals surface area contributed by atoms with E-state index >= 15 is 0 Å². The summed E-state index contributed by atoms with van der Waals surface area (Å²) in [4.78, 5) is 14.0. The molecule has 2 aromatic rings. The maximum atomic E-state index is 12.9. The van der Waals surface area contributed by atoms with Crippen LogP contribution in [-0.4, -0.2) is 25.7 Å². The van der Waals surface area contributed by atoms with Gasteiger partial charge in [-0.1, -0.05) is 0 Å². The van der Waals surface area contributed by atoms with Crippen molar-refractivity contribution in [2.75, 3.05) is 19.5 Å². The highest BCUT2D eigenvalue weighted by atomic mass is 32.1. The van der Waals surface area contributed by atoms with Gasteiger partial charge in [0.05, 0.1) is 25.3 Å². The number of nitriles is 1. The van der Waals surface area contributed by atoms with Crippen LogP contribution in [0.15, 0.2) is 18.2 Å². The number of hydrogen-bond donors (Lipinski definition) is 2. The number of carbonyl (C=O) groups is 1. The minimum atomic E-state index is -0.320. The highest BCUT2D eigenvalue weighted by Gasteiger charge is 2.40. The number of nitrogens with one attached hydrogen (secondary N) is 2. The SMILES string of the molecule is COc1ccc(C(=O)Nc2sc3c(c2C#N)CC(C)(C)NC3(C)C)c(OC)c1. The smallest absolute Gasteiger partial charge is 0.260 e. The molecule has 2 N–H and O–H groups in total. The quantitative estimate of drug-likeness (QED) is 0.810. The lowest BCUT2D eigenvalue weighted by Crippen LogP contribution is -2.54. The van der Waals surface area contributed by atoms with Gasteiger partial charge in [-0.25, -0.2) is 0 Å². The largest absolute Gasteiger partial charge is 0.497 e. The van der Waals surface area contributed by atoms with Gasteiger partial charge in [0.25, 0.3) is 5.91 Å². The summed E-state index contributed by atoms with van der Waals surface area (Å²) in [5.41, 5.74) is 1.52. The van der Waals surface area contributed by atoms with Crippen molar-refractivity contribution in [2.45, 2.75) is 45.2 Å². The number of anilines is 1. The van der Waals surface area contributed by atoms with E-state index in [1.165, 1.54) is 18.4 Å². The van der Waals surface area contributed by atoms with Gasteiger partial charge in [-0.15, -0.1) is 11.3 Å². The van der Waals surface area contributed by atoms with E-state index in [0.29, 0.717) is 27.6 Å². The van der Waals surface area contributed by atoms with Gasteiger partial charge in [-0.05, 0) is 51.8 Å². The molecule has 0 saturated heterocycles. The van der Waals surface area contributed by atoms with Crippen molar-refractivity contribution in [3.63, 3.8) is 0 Å². The molecule has 148 valence electrons. The Labute approximate surface area is 169 Å². The first-order valence-electron chi connectivity index (χ1n) is 9.01. The van der Waals surface area contributed by atoms with E-state index < -0.39 is 0 Å². The second kappa shape index (κ2) is 7.12. The fourth-order valence-corrected chi connectivity index (χ4v) is 5.11. The number of methoxy groups -OCH3 is 2. The normalized spacial score (nSPS) is 16.6. The molecule has 0 spiro atoms. The highest BCUT2D eigenvalue weighted by molar-refractivity contribution is 7.17. The highest BCUT2D eigenvalue weighted by Crippen LogP contribution is 2.45. The zero-order chi connectivity index (χ0) is 20.7. The van der Waals surface area contributed by atoms with Crippen molar-refractivity contribution >= 4 is 22.2 Å². The molecule has 0 fully saturated rings. The molecule has 7 heteroatoms. The average Bonchev–Trinajstić information content (AvgIpc) is 2.96. The van der Waals surface area contributed by atoms with E-state index in [-0.39, 0.29) is 17.0 Å². The number of benzene rings is 1. The summed E-state index contributed by atoms with van der Waals surface area (Å²) in [6.45, 7) is 8.44. The molecular weight excluding hydrogens is 374 g/mol. The second-order valence-electron chi connectivity index (χ2n) is 8.06. The lowest BCUT2D eigenvalue weighted by Gasteiger charge is -2.42. The number of ether oxygens (including phenoxy) is 2. The van der Waals surface area contributed by atoms with Crippen LogP contribution in [0.4, 0.5) is 5.00 Å². The van der Waals surface area contributed by atoms with Crippen LogP contribution in [0.1, 0.15) is 54.1 Å². The van der Waals surface area contributed by atoms with Crippen LogP contribution in [0.3, 0.4) is 0 Å². The Morgan fingerprint density at radius 3 is 2.57 bits per heavy atom. The molecule has 28 heavy (non-hydrogen) atoms. The first kappa shape index (κ1) is 20.2. The molecule has 1 amide bonds. The molecule has 1 aliphatic heterocycles. The van der Waals surface area contributed by atoms with Gasteiger partial charge >= 0.3 is 0 Å². The zero-order valence-electron chi connectivity index (χ0n) is 17.0. The van der Waals surface area contributed by atoms with Crippen LogP contribution in [0.2, 0.25) is 0 Å². The number of fused-ring (bicyclic) bond motifs is 1. The van der Waals surface area contributed by atoms with E-state index in [2.05, 4.69) is 44.4 Å². The van der Waals surface area contributed by atoms with Crippen molar-refractivity contribution in [1.29, 1.82) is 5.26 Å². The van der Waals surface area contributed by atoms with E-state index in [1.54, 1.807) is 25.3 Å². The summed E-state index contributed by atoms with van der Waals surface area (Å²) in [6, 6.07) is 7.32. The molecule has 1 aromatic heterocycles. The maximum Gasteiger partial charge on any atom is 0.260 e. The third-order valence-corrected chi connectivity index (χ3v) is 6.31. The molecule has 3 rings (SSSR count). The van der Waals surface area contributed by atoms with Crippen LogP contribution < -0.4 is 20.1 Å². The Morgan fingerprint density at radius 2 is 1.96 bits per heavy atom. The van der Waals surface area contributed by atoms with Gasteiger partial charge in [0.1, 0.15) is 22.6 Å². The molecule has 0 saturated carbocycles. The summed E-state index contributed by atoms with van der Waals surface area (Å²) >= 11 is 1.46. The van der Waals surface area contributed by atoms with E-state index in [0.717, 1.165) is 16.9 Å². The van der Waals surface area contributed by atoms with Gasteiger partial charge in [-0.2, -0.15) is 5.26 Å². The third-order valence-electron chi connectivity index (χ3n) is 4.84. The molecule has 2 heterocycles. The third kappa shape index (κ3) is 3.58. The molecule has 0 unspecified atom stereocenters. The Morgan fingerprint density at radius 1 is 1.25 bits per heavy atom. The minimum absolute atomic E-state index is 0.135.